The fourth-order valence-corrected chi connectivity index (χ4v) is 0.566. The molecule has 0 heterocycles. The van der Waals surface area contributed by atoms with Crippen LogP contribution in [0.3, 0.4) is 0 Å². The zero-order chi connectivity index (χ0) is 8.15. The van der Waals surface area contributed by atoms with E-state index >= 15 is 0 Å². The molecule has 0 bridgehead atoms. The van der Waals surface area contributed by atoms with Gasteiger partial charge < -0.3 is 9.74 Å². The molecular weight excluding hydrogens is 128 g/mol. The van der Waals surface area contributed by atoms with Gasteiger partial charge in [0, 0.05) is 20.9 Å². The van der Waals surface area contributed by atoms with Gasteiger partial charge in [0.05, 0.1) is 6.54 Å². The van der Waals surface area contributed by atoms with E-state index in [1.807, 2.05) is 0 Å². The molecule has 3 heteroatoms. The molecule has 3 nitrogen and oxygen atoms in total. The van der Waals surface area contributed by atoms with Crippen LogP contribution in [0.5, 0.6) is 0 Å². The molecule has 0 aliphatic carbocycles. The van der Waals surface area contributed by atoms with Gasteiger partial charge >= 0.3 is 0 Å². The van der Waals surface area contributed by atoms with Gasteiger partial charge in [0.25, 0.3) is 0 Å². The van der Waals surface area contributed by atoms with Gasteiger partial charge in [-0.05, 0) is 0 Å². The fraction of sp³-hybridized carbons (Fsp3) is 0.714. The Morgan fingerprint density at radius 1 is 1.80 bits per heavy atom. The maximum Gasteiger partial charge on any atom is 0.238 e. The van der Waals surface area contributed by atoms with Crippen molar-refractivity contribution < 1.29 is 4.79 Å². The molecule has 1 unspecified atom stereocenters. The second-order valence-corrected chi connectivity index (χ2v) is 2.38. The molecule has 0 fully saturated rings. The van der Waals surface area contributed by atoms with Crippen LogP contribution in [0, 0.1) is 6.57 Å². The molecular formula is C7H12N2O. The van der Waals surface area contributed by atoms with Crippen LogP contribution in [0.2, 0.25) is 0 Å². The third kappa shape index (κ3) is 3.08. The van der Waals surface area contributed by atoms with Gasteiger partial charge in [0.15, 0.2) is 0 Å². The van der Waals surface area contributed by atoms with E-state index in [1.165, 1.54) is 6.92 Å². The molecule has 0 aliphatic heterocycles. The first-order chi connectivity index (χ1) is 4.57. The Morgan fingerprint density at radius 3 is 2.60 bits per heavy atom. The summed E-state index contributed by atoms with van der Waals surface area (Å²) in [5.74, 6) is 0.00972. The van der Waals surface area contributed by atoms with Gasteiger partial charge in [-0.1, -0.05) is 0 Å². The highest BCUT2D eigenvalue weighted by Gasteiger charge is 2.09. The second kappa shape index (κ2) is 3.89. The summed E-state index contributed by atoms with van der Waals surface area (Å²) in [6.45, 7) is 10.5. The van der Waals surface area contributed by atoms with Crippen molar-refractivity contribution in [1.82, 2.24) is 4.90 Å². The molecule has 0 spiro atoms. The lowest BCUT2D eigenvalue weighted by molar-refractivity contribution is -0.127. The zero-order valence-corrected chi connectivity index (χ0v) is 6.59. The molecule has 0 saturated carbocycles. The lowest BCUT2D eigenvalue weighted by atomic mass is 10.3. The summed E-state index contributed by atoms with van der Waals surface area (Å²) in [6.07, 6.45) is 0. The second-order valence-electron chi connectivity index (χ2n) is 2.38. The predicted octanol–water partition coefficient (Wildman–Crippen LogP) is 0.772. The molecule has 56 valence electrons. The van der Waals surface area contributed by atoms with Crippen molar-refractivity contribution in [3.05, 3.63) is 11.4 Å². The molecule has 0 N–H and O–H groups in total. The highest BCUT2D eigenvalue weighted by Crippen LogP contribution is 1.92. The van der Waals surface area contributed by atoms with Crippen molar-refractivity contribution in [2.45, 2.75) is 19.9 Å². The van der Waals surface area contributed by atoms with Crippen molar-refractivity contribution >= 4 is 5.91 Å². The van der Waals surface area contributed by atoms with E-state index in [9.17, 15) is 4.79 Å². The van der Waals surface area contributed by atoms with Crippen LogP contribution in [-0.2, 0) is 4.79 Å². The molecule has 1 amide bonds. The number of carbonyl (C=O) groups is 1. The Hall–Kier alpha value is -1.04. The largest absolute Gasteiger partial charge is 0.338 e. The lowest BCUT2D eigenvalue weighted by Gasteiger charge is -2.12. The van der Waals surface area contributed by atoms with Crippen molar-refractivity contribution in [1.29, 1.82) is 0 Å². The van der Waals surface area contributed by atoms with E-state index in [4.69, 9.17) is 6.57 Å². The van der Waals surface area contributed by atoms with Gasteiger partial charge in [-0.2, -0.15) is 0 Å². The average Bonchev–Trinajstić information content (AvgIpc) is 1.87. The molecule has 1 atom stereocenters. The topological polar surface area (TPSA) is 24.7 Å². The fourth-order valence-electron chi connectivity index (χ4n) is 0.566. The van der Waals surface area contributed by atoms with Gasteiger partial charge in [-0.3, -0.25) is 4.79 Å². The van der Waals surface area contributed by atoms with E-state index in [1.54, 1.807) is 18.9 Å². The summed E-state index contributed by atoms with van der Waals surface area (Å²) in [5, 5.41) is 0. The van der Waals surface area contributed by atoms with Crippen molar-refractivity contribution in [2.75, 3.05) is 13.6 Å². The van der Waals surface area contributed by atoms with Crippen LogP contribution in [-0.4, -0.2) is 30.4 Å². The normalized spacial score (nSPS) is 11.8. The highest BCUT2D eigenvalue weighted by atomic mass is 16.2. The van der Waals surface area contributed by atoms with Crippen LogP contribution in [0.1, 0.15) is 13.8 Å². The Bertz CT molecular complexity index is 159. The van der Waals surface area contributed by atoms with E-state index in [0.717, 1.165) is 0 Å². The number of amides is 1. The Morgan fingerprint density at radius 2 is 2.30 bits per heavy atom. The van der Waals surface area contributed by atoms with Crippen LogP contribution >= 0.6 is 0 Å². The Labute approximate surface area is 61.5 Å². The van der Waals surface area contributed by atoms with Crippen LogP contribution in [0.4, 0.5) is 0 Å². The van der Waals surface area contributed by atoms with Crippen LogP contribution in [0.15, 0.2) is 0 Å². The predicted molar refractivity (Wildman–Crippen MR) is 39.4 cm³/mol. The first-order valence-electron chi connectivity index (χ1n) is 3.16. The smallest absolute Gasteiger partial charge is 0.238 e. The number of likely N-dealkylation sites (N-methyl/N-ethyl adjacent to an activating group) is 1. The number of carbonyl (C=O) groups excluding carboxylic acids is 1. The highest BCUT2D eigenvalue weighted by molar-refractivity contribution is 5.72. The maximum absolute atomic E-state index is 10.6. The van der Waals surface area contributed by atoms with Crippen molar-refractivity contribution in [2.24, 2.45) is 0 Å². The summed E-state index contributed by atoms with van der Waals surface area (Å²) in [7, 11) is 1.70. The molecule has 10 heavy (non-hydrogen) atoms. The zero-order valence-electron chi connectivity index (χ0n) is 6.59. The maximum atomic E-state index is 10.6. The Kier molecular flexibility index (Phi) is 3.48. The quantitative estimate of drug-likeness (QED) is 0.520. The SMILES string of the molecule is [C-]#[N+]C(C)CN(C)C(C)=O. The standard InChI is InChI=1S/C7H12N2O/c1-6(8-3)5-9(4)7(2)10/h6H,5H2,1-2,4H3. The first kappa shape index (κ1) is 8.96. The van der Waals surface area contributed by atoms with Gasteiger partial charge in [0.2, 0.25) is 11.9 Å². The third-order valence-electron chi connectivity index (χ3n) is 1.30. The molecule has 0 aliphatic rings. The first-order valence-corrected chi connectivity index (χ1v) is 3.16. The summed E-state index contributed by atoms with van der Waals surface area (Å²) >= 11 is 0. The Balaban J connectivity index is 3.70. The van der Waals surface area contributed by atoms with Gasteiger partial charge in [0.1, 0.15) is 0 Å². The monoisotopic (exact) mass is 140 g/mol. The minimum absolute atomic E-state index is 0.00972. The van der Waals surface area contributed by atoms with Crippen molar-refractivity contribution in [3.63, 3.8) is 0 Å². The number of nitrogens with zero attached hydrogens (tertiary/aromatic N) is 2. The number of hydrogen-bond donors (Lipinski definition) is 0. The molecule has 0 aromatic heterocycles. The van der Waals surface area contributed by atoms with Crippen LogP contribution in [0.25, 0.3) is 4.85 Å². The van der Waals surface area contributed by atoms with E-state index in [0.29, 0.717) is 6.54 Å². The van der Waals surface area contributed by atoms with Gasteiger partial charge in [-0.25, -0.2) is 6.57 Å². The molecule has 0 saturated heterocycles. The van der Waals surface area contributed by atoms with Crippen molar-refractivity contribution in [3.8, 4) is 0 Å². The minimum atomic E-state index is -0.0890. The lowest BCUT2D eigenvalue weighted by Crippen LogP contribution is -2.29. The van der Waals surface area contributed by atoms with E-state index < -0.39 is 0 Å². The van der Waals surface area contributed by atoms with E-state index in [2.05, 4.69) is 4.85 Å². The summed E-state index contributed by atoms with van der Waals surface area (Å²) in [6, 6.07) is -0.0890. The summed E-state index contributed by atoms with van der Waals surface area (Å²) in [5.41, 5.74) is 0. The molecule has 0 aromatic carbocycles. The van der Waals surface area contributed by atoms with Crippen LogP contribution < -0.4 is 0 Å². The number of hydrogen-bond acceptors (Lipinski definition) is 1. The molecule has 0 rings (SSSR count). The minimum Gasteiger partial charge on any atom is -0.338 e. The summed E-state index contributed by atoms with van der Waals surface area (Å²) in [4.78, 5) is 15.4. The van der Waals surface area contributed by atoms with E-state index in [-0.39, 0.29) is 11.9 Å². The third-order valence-corrected chi connectivity index (χ3v) is 1.30. The average molecular weight is 140 g/mol. The molecule has 0 radical (unpaired) electrons. The summed E-state index contributed by atoms with van der Waals surface area (Å²) < 4.78 is 0. The number of rotatable bonds is 2. The molecule has 0 aromatic rings. The van der Waals surface area contributed by atoms with Gasteiger partial charge in [-0.15, -0.1) is 0 Å².